The second kappa shape index (κ2) is 6.04. The maximum absolute atomic E-state index is 13.7. The predicted octanol–water partition coefficient (Wildman–Crippen LogP) is 1.76. The summed E-state index contributed by atoms with van der Waals surface area (Å²) in [5.74, 6) is 4.00. The molecule has 1 amide bonds. The molecule has 5 heteroatoms. The van der Waals surface area contributed by atoms with E-state index in [0.29, 0.717) is 11.4 Å². The van der Waals surface area contributed by atoms with Gasteiger partial charge in [-0.15, -0.1) is 0 Å². The molecule has 4 nitrogen and oxygen atoms in total. The average Bonchev–Trinajstić information content (AvgIpc) is 2.84. The molecular weight excluding hydrogens is 259 g/mol. The summed E-state index contributed by atoms with van der Waals surface area (Å²) >= 11 is 0. The fourth-order valence-corrected chi connectivity index (χ4v) is 1.72. The fourth-order valence-electron chi connectivity index (χ4n) is 1.72. The molecule has 1 aromatic carbocycles. The van der Waals surface area contributed by atoms with Crippen LogP contribution in [0.2, 0.25) is 0 Å². The van der Waals surface area contributed by atoms with Crippen molar-refractivity contribution in [3.05, 3.63) is 53.6 Å². The lowest BCUT2D eigenvalue weighted by Gasteiger charge is -2.06. The van der Waals surface area contributed by atoms with Crippen molar-refractivity contribution in [3.63, 3.8) is 0 Å². The standard InChI is InChI=1S/C15H13FN2O2/c1-18-8-2-5-14(18)15(20)17-12-7-6-11(4-3-9-19)13(16)10-12/h2,5-8,10,19H,9H2,1H3,(H,17,20). The van der Waals surface area contributed by atoms with Crippen LogP contribution in [0.4, 0.5) is 10.1 Å². The minimum Gasteiger partial charge on any atom is -0.384 e. The number of carbonyl (C=O) groups is 1. The number of hydrogen-bond acceptors (Lipinski definition) is 2. The zero-order chi connectivity index (χ0) is 14.5. The van der Waals surface area contributed by atoms with Gasteiger partial charge in [-0.25, -0.2) is 4.39 Å². The Labute approximate surface area is 115 Å². The van der Waals surface area contributed by atoms with Crippen LogP contribution in [-0.4, -0.2) is 22.2 Å². The summed E-state index contributed by atoms with van der Waals surface area (Å²) in [6, 6.07) is 7.64. The van der Waals surface area contributed by atoms with Crippen LogP contribution in [0, 0.1) is 17.7 Å². The summed E-state index contributed by atoms with van der Waals surface area (Å²) in [4.78, 5) is 11.9. The van der Waals surface area contributed by atoms with Gasteiger partial charge in [-0.3, -0.25) is 4.79 Å². The number of nitrogens with one attached hydrogen (secondary N) is 1. The minimum atomic E-state index is -0.546. The van der Waals surface area contributed by atoms with Gasteiger partial charge in [0.2, 0.25) is 0 Å². The normalized spacial score (nSPS) is 9.75. The van der Waals surface area contributed by atoms with Gasteiger partial charge in [0, 0.05) is 18.9 Å². The highest BCUT2D eigenvalue weighted by Gasteiger charge is 2.10. The van der Waals surface area contributed by atoms with Crippen LogP contribution in [-0.2, 0) is 7.05 Å². The zero-order valence-electron chi connectivity index (χ0n) is 10.9. The quantitative estimate of drug-likeness (QED) is 0.818. The van der Waals surface area contributed by atoms with Crippen molar-refractivity contribution in [2.75, 3.05) is 11.9 Å². The number of anilines is 1. The van der Waals surface area contributed by atoms with Crippen LogP contribution < -0.4 is 5.32 Å². The maximum Gasteiger partial charge on any atom is 0.272 e. The van der Waals surface area contributed by atoms with E-state index in [2.05, 4.69) is 17.2 Å². The number of amides is 1. The van der Waals surface area contributed by atoms with Crippen molar-refractivity contribution in [1.82, 2.24) is 4.57 Å². The van der Waals surface area contributed by atoms with E-state index in [4.69, 9.17) is 5.11 Å². The summed E-state index contributed by atoms with van der Waals surface area (Å²) in [6.45, 7) is -0.328. The molecule has 2 aromatic rings. The molecule has 0 saturated heterocycles. The molecule has 0 aliphatic rings. The second-order valence-electron chi connectivity index (χ2n) is 4.11. The molecule has 0 aliphatic carbocycles. The third kappa shape index (κ3) is 3.05. The first kappa shape index (κ1) is 13.8. The van der Waals surface area contributed by atoms with Crippen molar-refractivity contribution in [2.24, 2.45) is 7.05 Å². The van der Waals surface area contributed by atoms with Gasteiger partial charge < -0.3 is 15.0 Å². The van der Waals surface area contributed by atoms with E-state index < -0.39 is 5.82 Å². The molecule has 0 unspecified atom stereocenters. The Morgan fingerprint density at radius 2 is 2.25 bits per heavy atom. The summed E-state index contributed by atoms with van der Waals surface area (Å²) < 4.78 is 15.4. The Balaban J connectivity index is 2.17. The SMILES string of the molecule is Cn1cccc1C(=O)Nc1ccc(C#CCO)c(F)c1. The number of rotatable bonds is 2. The van der Waals surface area contributed by atoms with E-state index >= 15 is 0 Å². The molecule has 0 saturated carbocycles. The van der Waals surface area contributed by atoms with E-state index in [1.54, 1.807) is 36.0 Å². The van der Waals surface area contributed by atoms with Gasteiger partial charge in [0.1, 0.15) is 18.1 Å². The van der Waals surface area contributed by atoms with E-state index in [9.17, 15) is 9.18 Å². The highest BCUT2D eigenvalue weighted by molar-refractivity contribution is 6.03. The van der Waals surface area contributed by atoms with E-state index in [-0.39, 0.29) is 18.1 Å². The van der Waals surface area contributed by atoms with Crippen molar-refractivity contribution in [3.8, 4) is 11.8 Å². The molecule has 0 radical (unpaired) electrons. The molecule has 2 N–H and O–H groups in total. The summed E-state index contributed by atoms with van der Waals surface area (Å²) in [7, 11) is 1.75. The number of aliphatic hydroxyl groups excluding tert-OH is 1. The van der Waals surface area contributed by atoms with E-state index in [1.165, 1.54) is 12.1 Å². The Hall–Kier alpha value is -2.58. The van der Waals surface area contributed by atoms with Gasteiger partial charge in [-0.2, -0.15) is 0 Å². The Morgan fingerprint density at radius 3 is 2.85 bits per heavy atom. The predicted molar refractivity (Wildman–Crippen MR) is 73.7 cm³/mol. The van der Waals surface area contributed by atoms with E-state index in [1.807, 2.05) is 0 Å². The van der Waals surface area contributed by atoms with Crippen LogP contribution in [0.15, 0.2) is 36.5 Å². The Bertz CT molecular complexity index is 695. The van der Waals surface area contributed by atoms with Crippen LogP contribution in [0.3, 0.4) is 0 Å². The molecule has 2 rings (SSSR count). The zero-order valence-corrected chi connectivity index (χ0v) is 10.9. The molecule has 1 aromatic heterocycles. The molecule has 0 bridgehead atoms. The summed E-state index contributed by atoms with van der Waals surface area (Å²) in [5.41, 5.74) is 1.01. The molecule has 0 aliphatic heterocycles. The van der Waals surface area contributed by atoms with Crippen molar-refractivity contribution in [2.45, 2.75) is 0 Å². The Morgan fingerprint density at radius 1 is 1.45 bits per heavy atom. The smallest absolute Gasteiger partial charge is 0.272 e. The van der Waals surface area contributed by atoms with Gasteiger partial charge in [0.05, 0.1) is 5.56 Å². The molecule has 20 heavy (non-hydrogen) atoms. The first-order chi connectivity index (χ1) is 9.61. The summed E-state index contributed by atoms with van der Waals surface area (Å²) in [6.07, 6.45) is 1.75. The third-order valence-corrected chi connectivity index (χ3v) is 2.71. The van der Waals surface area contributed by atoms with Gasteiger partial charge in [-0.1, -0.05) is 11.8 Å². The first-order valence-corrected chi connectivity index (χ1v) is 5.94. The number of aryl methyl sites for hydroxylation is 1. The topological polar surface area (TPSA) is 54.3 Å². The molecule has 0 atom stereocenters. The van der Waals surface area contributed by atoms with Gasteiger partial charge in [-0.05, 0) is 30.3 Å². The van der Waals surface area contributed by atoms with Gasteiger partial charge in [0.25, 0.3) is 5.91 Å². The monoisotopic (exact) mass is 272 g/mol. The lowest BCUT2D eigenvalue weighted by atomic mass is 10.2. The second-order valence-corrected chi connectivity index (χ2v) is 4.11. The third-order valence-electron chi connectivity index (χ3n) is 2.71. The minimum absolute atomic E-state index is 0.177. The van der Waals surface area contributed by atoms with E-state index in [0.717, 1.165) is 0 Å². The molecule has 0 spiro atoms. The largest absolute Gasteiger partial charge is 0.384 e. The number of nitrogens with zero attached hydrogens (tertiary/aromatic N) is 1. The number of hydrogen-bond donors (Lipinski definition) is 2. The number of benzene rings is 1. The van der Waals surface area contributed by atoms with Gasteiger partial charge >= 0.3 is 0 Å². The molecule has 0 fully saturated rings. The first-order valence-electron chi connectivity index (χ1n) is 5.94. The highest BCUT2D eigenvalue weighted by Crippen LogP contribution is 2.15. The van der Waals surface area contributed by atoms with Crippen molar-refractivity contribution in [1.29, 1.82) is 0 Å². The fraction of sp³-hybridized carbons (Fsp3) is 0.133. The lowest BCUT2D eigenvalue weighted by Crippen LogP contribution is -2.15. The average molecular weight is 272 g/mol. The van der Waals surface area contributed by atoms with Gasteiger partial charge in [0.15, 0.2) is 0 Å². The number of carbonyl (C=O) groups excluding carboxylic acids is 1. The molecular formula is C15H13FN2O2. The van der Waals surface area contributed by atoms with Crippen LogP contribution >= 0.6 is 0 Å². The van der Waals surface area contributed by atoms with Crippen molar-refractivity contribution >= 4 is 11.6 Å². The lowest BCUT2D eigenvalue weighted by molar-refractivity contribution is 0.101. The van der Waals surface area contributed by atoms with Crippen LogP contribution in [0.25, 0.3) is 0 Å². The Kier molecular flexibility index (Phi) is 4.18. The molecule has 102 valence electrons. The van der Waals surface area contributed by atoms with Crippen LogP contribution in [0.1, 0.15) is 16.1 Å². The highest BCUT2D eigenvalue weighted by atomic mass is 19.1. The van der Waals surface area contributed by atoms with Crippen molar-refractivity contribution < 1.29 is 14.3 Å². The number of halogens is 1. The summed E-state index contributed by atoms with van der Waals surface area (Å²) in [5, 5.41) is 11.2. The molecule has 1 heterocycles. The maximum atomic E-state index is 13.7. The number of aliphatic hydroxyl groups is 1. The van der Waals surface area contributed by atoms with Crippen LogP contribution in [0.5, 0.6) is 0 Å². The number of aromatic nitrogens is 1.